The molecule has 8 saturated heterocycles. The third kappa shape index (κ3) is 24.7. The molecule has 0 aliphatic carbocycles. The lowest BCUT2D eigenvalue weighted by Gasteiger charge is -2.53. The van der Waals surface area contributed by atoms with Crippen LogP contribution in [-0.4, -0.2) is 185 Å². The van der Waals surface area contributed by atoms with Crippen molar-refractivity contribution < 1.29 is 109 Å². The number of benzene rings is 8. The van der Waals surface area contributed by atoms with Gasteiger partial charge in [0.25, 0.3) is 0 Å². The fourth-order valence-corrected chi connectivity index (χ4v) is 18.9. The predicted molar refractivity (Wildman–Crippen MR) is 482 cm³/mol. The summed E-state index contributed by atoms with van der Waals surface area (Å²) in [5.41, 5.74) is 7.47. The van der Waals surface area contributed by atoms with Gasteiger partial charge in [-0.05, 0) is 69.9 Å². The van der Waals surface area contributed by atoms with Crippen LogP contribution in [0.3, 0.4) is 0 Å². The Kier molecular flexibility index (Phi) is 35.0. The number of fused-ring (bicyclic) bond motifs is 2. The Hall–Kier alpha value is -8.14. The predicted octanol–water partition coefficient (Wildman–Crippen LogP) is 15.8. The molecule has 8 aliphatic rings. The average Bonchev–Trinajstić information content (AvgIpc) is 0.761. The first-order valence-electron chi connectivity index (χ1n) is 46.6. The Morgan fingerprint density at radius 3 is 0.977 bits per heavy atom. The summed E-state index contributed by atoms with van der Waals surface area (Å²) in [5, 5.41) is 18.8. The minimum absolute atomic E-state index is 0.00492. The van der Waals surface area contributed by atoms with Crippen molar-refractivity contribution in [1.82, 2.24) is 10.6 Å². The lowest BCUT2D eigenvalue weighted by atomic mass is 9.78. The highest BCUT2D eigenvalue weighted by Crippen LogP contribution is 2.47. The zero-order valence-corrected chi connectivity index (χ0v) is 76.5. The summed E-state index contributed by atoms with van der Waals surface area (Å²) in [7, 11) is 0. The monoisotopic (exact) mass is 1790 g/mol. The van der Waals surface area contributed by atoms with Crippen LogP contribution in [-0.2, 0) is 144 Å². The van der Waals surface area contributed by atoms with Crippen molar-refractivity contribution in [3.63, 3.8) is 0 Å². The van der Waals surface area contributed by atoms with Gasteiger partial charge in [-0.3, -0.25) is 9.59 Å². The number of hydrogen-bond donors (Lipinski definition) is 3. The molecule has 0 bridgehead atoms. The summed E-state index contributed by atoms with van der Waals surface area (Å²) in [6, 6.07) is 77.0. The highest BCUT2D eigenvalue weighted by atomic mass is 16.8. The molecule has 8 aromatic carbocycles. The fraction of sp³-hybridized carbons (Fsp3) is 0.524. The van der Waals surface area contributed by atoms with Gasteiger partial charge in [0.1, 0.15) is 85.3 Å². The Bertz CT molecular complexity index is 4350. The van der Waals surface area contributed by atoms with Crippen LogP contribution in [0.5, 0.6) is 0 Å². The molecule has 0 aromatic heterocycles. The van der Waals surface area contributed by atoms with E-state index in [1.54, 1.807) is 0 Å². The molecule has 8 heterocycles. The summed E-state index contributed by atoms with van der Waals surface area (Å²) in [6.07, 6.45) is -15.3. The molecular formula is C105H132N2O23. The van der Waals surface area contributed by atoms with Crippen LogP contribution in [0.25, 0.3) is 0 Å². The molecule has 25 heteroatoms. The van der Waals surface area contributed by atoms with E-state index in [2.05, 4.69) is 72.9 Å². The van der Waals surface area contributed by atoms with E-state index in [0.29, 0.717) is 31.0 Å². The third-order valence-electron chi connectivity index (χ3n) is 26.9. The van der Waals surface area contributed by atoms with Gasteiger partial charge in [0.15, 0.2) is 50.3 Å². The summed E-state index contributed by atoms with van der Waals surface area (Å²) in [6.45, 7) is 24.6. The van der Waals surface area contributed by atoms with Crippen molar-refractivity contribution in [3.05, 3.63) is 287 Å². The lowest BCUT2D eigenvalue weighted by Crippen LogP contribution is -2.69. The van der Waals surface area contributed by atoms with E-state index < -0.39 is 142 Å². The maximum atomic E-state index is 13.1. The molecule has 2 amide bonds. The van der Waals surface area contributed by atoms with Crippen LogP contribution in [0.15, 0.2) is 243 Å². The van der Waals surface area contributed by atoms with Crippen molar-refractivity contribution in [2.75, 3.05) is 26.4 Å². The highest BCUT2D eigenvalue weighted by molar-refractivity contribution is 5.73. The third-order valence-corrected chi connectivity index (χ3v) is 26.9. The van der Waals surface area contributed by atoms with Gasteiger partial charge >= 0.3 is 0 Å². The molecule has 25 nitrogen and oxygen atoms in total. The zero-order valence-electron chi connectivity index (χ0n) is 76.5. The van der Waals surface area contributed by atoms with Crippen molar-refractivity contribution in [2.45, 2.75) is 283 Å². The molecule has 700 valence electrons. The molecule has 32 atom stereocenters. The van der Waals surface area contributed by atoms with Crippen LogP contribution < -0.4 is 10.6 Å². The smallest absolute Gasteiger partial charge is 0.217 e. The highest BCUT2D eigenvalue weighted by Gasteiger charge is 2.59. The quantitative estimate of drug-likeness (QED) is 0.0338. The molecule has 130 heavy (non-hydrogen) atoms. The van der Waals surface area contributed by atoms with Gasteiger partial charge in [-0.1, -0.05) is 305 Å². The Labute approximate surface area is 765 Å². The minimum atomic E-state index is -1.39. The van der Waals surface area contributed by atoms with E-state index in [4.69, 9.17) is 94.7 Å². The standard InChI is InChI=1S/C53H67NO11.C52H65NO12/c1-7-42-34(3)33(2)35(4)50(60-42)63-46-36(5)51(61-44-32-59-52(65-47(44)46)41-26-18-11-19-27-41)64-48-43(31-56-28-38-20-12-8-13-21-38)62-53(58-30-40-24-16-10-17-25-40)45(54-37(6)55)49(48)57-29-39-22-14-9-15-23-39;1-6-40-33(3)32(2)34(4)49(60-40)65-48-44(55)52(62-42-31-59-50(63-46(42)48)39-25-17-10-18-26-39)64-45-41(30-56-27-36-19-11-7-12-20-36)61-51(58-29-38-23-15-9-16-24-38)43(53-35(5)54)47(45)57-28-37-21-13-8-14-22-37/h8-27,33-36,42-53H,7,28-32H2,1-6H3,(H,54,55);7-26,32-34,40-52,55H,6,27-31H2,1-5H3,(H,53,54)/t33-,34+,35?,36+,42?,43?,44?,45?,46?,47+,48+,49-,50+,51+,52?,53+;32-,33+,34?,40?,41?,42?,43?,44+,45+,46+,47-,48?,49+,50?,51+,52+/m00/s1. The van der Waals surface area contributed by atoms with E-state index in [1.165, 1.54) is 13.8 Å². The topological polar surface area (TPSA) is 263 Å². The SMILES string of the molecule is CCC1O[C@H](OC2[C@@H]3OC(c4ccccc4)OCC3O[C@H](O[C@@H]3C(COCc4ccccc4)O[C@@H](OCc4ccccc4)C(NC(C)=O)[C@@H]3OCc3ccccc3)[C@@H]2C)C(C)[C@@H](C)[C@H]1C.CCC1O[C@H](OC2[C@@H]3OC(c4ccccc4)OCC3O[C@H](O[C@@H]3C(COCc4ccccc4)O[C@@H](OCc4ccccc4)C(NC(C)=O)[C@@H]3OCc3ccccc3)[C@@H]2O)C(C)[C@@H](C)[C@H]1C. The molecule has 0 saturated carbocycles. The van der Waals surface area contributed by atoms with E-state index in [-0.39, 0.29) is 101 Å². The number of aliphatic hydroxyl groups is 1. The van der Waals surface area contributed by atoms with Crippen LogP contribution in [0.1, 0.15) is 146 Å². The van der Waals surface area contributed by atoms with Crippen LogP contribution in [0.2, 0.25) is 0 Å². The van der Waals surface area contributed by atoms with Crippen LogP contribution >= 0.6 is 0 Å². The largest absolute Gasteiger partial charge is 0.385 e. The Morgan fingerprint density at radius 2 is 0.615 bits per heavy atom. The minimum Gasteiger partial charge on any atom is -0.385 e. The van der Waals surface area contributed by atoms with E-state index in [9.17, 15) is 14.7 Å². The van der Waals surface area contributed by atoms with Crippen molar-refractivity contribution in [3.8, 4) is 0 Å². The number of rotatable bonds is 34. The molecule has 8 aliphatic heterocycles. The summed E-state index contributed by atoms with van der Waals surface area (Å²) >= 11 is 0. The van der Waals surface area contributed by atoms with Gasteiger partial charge in [-0.15, -0.1) is 0 Å². The second-order valence-electron chi connectivity index (χ2n) is 35.9. The van der Waals surface area contributed by atoms with Crippen molar-refractivity contribution >= 4 is 11.8 Å². The maximum Gasteiger partial charge on any atom is 0.217 e. The maximum absolute atomic E-state index is 13.1. The van der Waals surface area contributed by atoms with Crippen molar-refractivity contribution in [1.29, 1.82) is 0 Å². The average molecular weight is 1790 g/mol. The van der Waals surface area contributed by atoms with E-state index in [0.717, 1.165) is 57.3 Å². The lowest BCUT2D eigenvalue weighted by molar-refractivity contribution is -0.400. The van der Waals surface area contributed by atoms with Gasteiger partial charge in [0.2, 0.25) is 11.8 Å². The Balaban J connectivity index is 0.000000199. The number of amides is 2. The van der Waals surface area contributed by atoms with Gasteiger partial charge in [-0.25, -0.2) is 0 Å². The van der Waals surface area contributed by atoms with Gasteiger partial charge in [0, 0.05) is 42.7 Å². The number of ether oxygens (including phenoxy) is 20. The number of carbonyl (C=O) groups is 2. The molecule has 0 radical (unpaired) electrons. The molecule has 0 spiro atoms. The first-order valence-corrected chi connectivity index (χ1v) is 46.6. The second-order valence-corrected chi connectivity index (χ2v) is 35.9. The Morgan fingerprint density at radius 1 is 0.315 bits per heavy atom. The van der Waals surface area contributed by atoms with Crippen LogP contribution in [0.4, 0.5) is 0 Å². The number of nitrogens with one attached hydrogen (secondary N) is 2. The fourth-order valence-electron chi connectivity index (χ4n) is 18.9. The number of aliphatic hydroxyl groups excluding tert-OH is 1. The van der Waals surface area contributed by atoms with E-state index in [1.807, 2.05) is 243 Å². The molecule has 16 rings (SSSR count). The molecule has 14 unspecified atom stereocenters. The van der Waals surface area contributed by atoms with E-state index >= 15 is 0 Å². The number of carbonyl (C=O) groups excluding carboxylic acids is 2. The molecule has 8 fully saturated rings. The summed E-state index contributed by atoms with van der Waals surface area (Å²) < 4.78 is 135. The molecule has 8 aromatic rings. The molecule has 3 N–H and O–H groups in total. The van der Waals surface area contributed by atoms with Gasteiger partial charge in [-0.2, -0.15) is 0 Å². The van der Waals surface area contributed by atoms with Gasteiger partial charge < -0.3 is 110 Å². The van der Waals surface area contributed by atoms with Crippen LogP contribution in [0, 0.1) is 41.4 Å². The number of hydrogen-bond acceptors (Lipinski definition) is 23. The zero-order chi connectivity index (χ0) is 90.6. The first kappa shape index (κ1) is 96.4. The summed E-state index contributed by atoms with van der Waals surface area (Å²) in [4.78, 5) is 26.2. The summed E-state index contributed by atoms with van der Waals surface area (Å²) in [5.74, 6) is 0.499. The molecular weight excluding hydrogens is 1660 g/mol. The normalized spacial score (nSPS) is 34.9. The first-order chi connectivity index (χ1) is 63.3. The van der Waals surface area contributed by atoms with Gasteiger partial charge in [0.05, 0.1) is 84.4 Å². The van der Waals surface area contributed by atoms with Crippen molar-refractivity contribution in [2.24, 2.45) is 41.4 Å². The second kappa shape index (κ2) is 47.2.